The van der Waals surface area contributed by atoms with Crippen LogP contribution in [-0.4, -0.2) is 74.9 Å². The molecule has 11 nitrogen and oxygen atoms in total. The lowest BCUT2D eigenvalue weighted by atomic mass is 9.79. The molecule has 4 aromatic rings. The summed E-state index contributed by atoms with van der Waals surface area (Å²) in [5.41, 5.74) is 7.68. The van der Waals surface area contributed by atoms with Crippen LogP contribution in [0.2, 0.25) is 0 Å². The second-order valence-electron chi connectivity index (χ2n) is 8.83. The van der Waals surface area contributed by atoms with E-state index in [2.05, 4.69) is 19.9 Å². The fourth-order valence-electron chi connectivity index (χ4n) is 4.66. The highest BCUT2D eigenvalue weighted by Crippen LogP contribution is 2.34. The Kier molecular flexibility index (Phi) is 5.02. The topological polar surface area (TPSA) is 148 Å². The molecule has 1 aromatic carbocycles. The monoisotopic (exact) mass is 450 g/mol. The number of aliphatic hydroxyl groups is 2. The van der Waals surface area contributed by atoms with Gasteiger partial charge in [-0.2, -0.15) is 0 Å². The van der Waals surface area contributed by atoms with Crippen LogP contribution in [0.4, 0.5) is 5.82 Å². The third kappa shape index (κ3) is 3.58. The molecule has 1 amide bonds. The number of nitrogens with two attached hydrogens (primary N) is 1. The summed E-state index contributed by atoms with van der Waals surface area (Å²) in [7, 11) is 3.64. The molecule has 1 aliphatic rings. The number of carbonyl (C=O) groups is 1. The summed E-state index contributed by atoms with van der Waals surface area (Å²) in [5, 5.41) is 22.1. The molecule has 0 bridgehead atoms. The van der Waals surface area contributed by atoms with E-state index >= 15 is 0 Å². The van der Waals surface area contributed by atoms with Crippen LogP contribution in [0.15, 0.2) is 37.2 Å². The first-order chi connectivity index (χ1) is 15.8. The van der Waals surface area contributed by atoms with Gasteiger partial charge in [0.1, 0.15) is 17.4 Å². The first kappa shape index (κ1) is 21.3. The highest BCUT2D eigenvalue weighted by Gasteiger charge is 2.43. The fourth-order valence-corrected chi connectivity index (χ4v) is 4.66. The number of fused-ring (bicyclic) bond motifs is 2. The Bertz CT molecular complexity index is 1350. The van der Waals surface area contributed by atoms with Crippen LogP contribution < -0.4 is 5.73 Å². The smallest absolute Gasteiger partial charge is 0.253 e. The van der Waals surface area contributed by atoms with E-state index in [-0.39, 0.29) is 30.7 Å². The minimum absolute atomic E-state index is 0.113. The molecule has 0 saturated heterocycles. The van der Waals surface area contributed by atoms with Gasteiger partial charge in [0.25, 0.3) is 5.91 Å². The number of aryl methyl sites for hydroxylation is 1. The lowest BCUT2D eigenvalue weighted by molar-refractivity contribution is -0.121. The maximum atomic E-state index is 13.1. The first-order valence-electron chi connectivity index (χ1n) is 10.8. The van der Waals surface area contributed by atoms with Crippen molar-refractivity contribution in [2.75, 3.05) is 12.8 Å². The minimum Gasteiger partial charge on any atom is -0.390 e. The zero-order valence-corrected chi connectivity index (χ0v) is 18.5. The first-order valence-corrected chi connectivity index (χ1v) is 10.8. The summed E-state index contributed by atoms with van der Waals surface area (Å²) in [6, 6.07) is 5.24. The molecule has 4 N–H and O–H groups in total. The molecule has 0 spiro atoms. The molecule has 172 valence electrons. The van der Waals surface area contributed by atoms with Gasteiger partial charge in [0.05, 0.1) is 36.3 Å². The average molecular weight is 451 g/mol. The van der Waals surface area contributed by atoms with Crippen molar-refractivity contribution in [2.24, 2.45) is 7.05 Å². The number of nitrogens with zero attached hydrogens (tertiary/aromatic N) is 7. The Morgan fingerprint density at radius 3 is 2.88 bits per heavy atom. The van der Waals surface area contributed by atoms with Gasteiger partial charge in [-0.3, -0.25) is 4.79 Å². The second-order valence-corrected chi connectivity index (χ2v) is 8.83. The number of aliphatic hydroxyl groups excluding tert-OH is 1. The van der Waals surface area contributed by atoms with E-state index in [9.17, 15) is 15.0 Å². The molecular weight excluding hydrogens is 424 g/mol. The molecule has 1 saturated carbocycles. The van der Waals surface area contributed by atoms with Gasteiger partial charge in [0.2, 0.25) is 0 Å². The Morgan fingerprint density at radius 1 is 1.27 bits per heavy atom. The molecule has 11 heteroatoms. The number of nitrogen functional groups attached to an aromatic ring is 1. The number of aromatic nitrogens is 6. The van der Waals surface area contributed by atoms with E-state index in [0.29, 0.717) is 29.6 Å². The standard InChI is InChI=1S/C22H26N8O3/c1-28-11-26-15-7-13(3-4-16(15)28)21(32)29(2)14-5-6-22(33,17(31)8-14)9-30-12-27-18-19(23)24-10-25-20(18)30/h3-4,7,10-12,14,17,31,33H,5-6,8-9H2,1-2H3,(H2,23,24,25)/t14-,17+,22+/m0/s1. The van der Waals surface area contributed by atoms with E-state index < -0.39 is 11.7 Å². The number of benzene rings is 1. The fraction of sp³-hybridized carbons (Fsp3) is 0.409. The van der Waals surface area contributed by atoms with Crippen molar-refractivity contribution in [1.29, 1.82) is 0 Å². The largest absolute Gasteiger partial charge is 0.390 e. The maximum Gasteiger partial charge on any atom is 0.253 e. The molecule has 1 fully saturated rings. The Labute approximate surface area is 189 Å². The molecule has 3 atom stereocenters. The van der Waals surface area contributed by atoms with Crippen molar-refractivity contribution in [1.82, 2.24) is 34.0 Å². The minimum atomic E-state index is -1.37. The van der Waals surface area contributed by atoms with Crippen LogP contribution in [0.5, 0.6) is 0 Å². The lowest BCUT2D eigenvalue weighted by Gasteiger charge is -2.43. The van der Waals surface area contributed by atoms with Crippen LogP contribution in [0, 0.1) is 0 Å². The summed E-state index contributed by atoms with van der Waals surface area (Å²) in [6.07, 6.45) is 4.69. The maximum absolute atomic E-state index is 13.1. The van der Waals surface area contributed by atoms with Crippen molar-refractivity contribution in [2.45, 2.75) is 43.6 Å². The molecule has 5 rings (SSSR count). The van der Waals surface area contributed by atoms with Gasteiger partial charge in [0, 0.05) is 25.7 Å². The molecule has 33 heavy (non-hydrogen) atoms. The van der Waals surface area contributed by atoms with Gasteiger partial charge in [0.15, 0.2) is 11.5 Å². The van der Waals surface area contributed by atoms with Gasteiger partial charge in [-0.25, -0.2) is 19.9 Å². The van der Waals surface area contributed by atoms with Crippen LogP contribution in [0.1, 0.15) is 29.6 Å². The van der Waals surface area contributed by atoms with Crippen LogP contribution in [-0.2, 0) is 13.6 Å². The van der Waals surface area contributed by atoms with Crippen molar-refractivity contribution >= 4 is 33.9 Å². The van der Waals surface area contributed by atoms with Gasteiger partial charge in [-0.1, -0.05) is 0 Å². The number of imidazole rings is 2. The Hall–Kier alpha value is -3.57. The molecule has 0 aliphatic heterocycles. The molecule has 0 unspecified atom stereocenters. The van der Waals surface area contributed by atoms with E-state index in [1.165, 1.54) is 12.7 Å². The third-order valence-electron chi connectivity index (χ3n) is 6.74. The average Bonchev–Trinajstić information content (AvgIpc) is 3.39. The van der Waals surface area contributed by atoms with Gasteiger partial charge < -0.3 is 30.0 Å². The molecular formula is C22H26N8O3. The quantitative estimate of drug-likeness (QED) is 0.412. The predicted octanol–water partition coefficient (Wildman–Crippen LogP) is 0.712. The van der Waals surface area contributed by atoms with Crippen molar-refractivity contribution in [3.05, 3.63) is 42.7 Å². The molecule has 3 aromatic heterocycles. The second kappa shape index (κ2) is 7.78. The summed E-state index contributed by atoms with van der Waals surface area (Å²) in [6.45, 7) is 0.113. The van der Waals surface area contributed by atoms with Crippen LogP contribution in [0.3, 0.4) is 0 Å². The van der Waals surface area contributed by atoms with Gasteiger partial charge in [-0.15, -0.1) is 0 Å². The van der Waals surface area contributed by atoms with E-state index in [1.54, 1.807) is 35.0 Å². The number of hydrogen-bond acceptors (Lipinski definition) is 8. The zero-order chi connectivity index (χ0) is 23.3. The summed E-state index contributed by atoms with van der Waals surface area (Å²) in [4.78, 5) is 31.4. The molecule has 1 aliphatic carbocycles. The van der Waals surface area contributed by atoms with Crippen molar-refractivity contribution in [3.8, 4) is 0 Å². The van der Waals surface area contributed by atoms with Crippen molar-refractivity contribution < 1.29 is 15.0 Å². The molecule has 3 heterocycles. The highest BCUT2D eigenvalue weighted by atomic mass is 16.3. The van der Waals surface area contributed by atoms with Crippen LogP contribution in [0.25, 0.3) is 22.2 Å². The van der Waals surface area contributed by atoms with Gasteiger partial charge in [-0.05, 0) is 37.5 Å². The highest BCUT2D eigenvalue weighted by molar-refractivity contribution is 5.97. The van der Waals surface area contributed by atoms with E-state index in [0.717, 1.165) is 11.0 Å². The van der Waals surface area contributed by atoms with Crippen LogP contribution >= 0.6 is 0 Å². The SMILES string of the molecule is CN(C(=O)c1ccc2c(c1)ncn2C)[C@H]1CC[C@@](O)(Cn2cnc3c(N)ncnc32)[C@H](O)C1. The zero-order valence-electron chi connectivity index (χ0n) is 18.5. The van der Waals surface area contributed by atoms with Crippen molar-refractivity contribution in [3.63, 3.8) is 0 Å². The Morgan fingerprint density at radius 2 is 2.09 bits per heavy atom. The summed E-state index contributed by atoms with van der Waals surface area (Å²) >= 11 is 0. The number of rotatable bonds is 4. The lowest BCUT2D eigenvalue weighted by Crippen LogP contribution is -2.54. The predicted molar refractivity (Wildman–Crippen MR) is 121 cm³/mol. The number of anilines is 1. The summed E-state index contributed by atoms with van der Waals surface area (Å²) in [5.74, 6) is 0.122. The third-order valence-corrected chi connectivity index (χ3v) is 6.74. The number of hydrogen-bond donors (Lipinski definition) is 3. The number of carbonyl (C=O) groups excluding carboxylic acids is 1. The Balaban J connectivity index is 1.30. The van der Waals surface area contributed by atoms with E-state index in [1.807, 2.05) is 17.7 Å². The van der Waals surface area contributed by atoms with Gasteiger partial charge >= 0.3 is 0 Å². The molecule has 0 radical (unpaired) electrons. The van der Waals surface area contributed by atoms with E-state index in [4.69, 9.17) is 5.73 Å². The normalized spacial score (nSPS) is 23.3. The summed E-state index contributed by atoms with van der Waals surface area (Å²) < 4.78 is 3.57. The number of amides is 1.